The van der Waals surface area contributed by atoms with E-state index in [9.17, 15) is 14.4 Å². The van der Waals surface area contributed by atoms with E-state index in [4.69, 9.17) is 4.74 Å². The Kier molecular flexibility index (Phi) is 5.67. The number of carbonyl (C=O) groups is 3. The molecule has 0 aromatic carbocycles. The molecule has 4 saturated carbocycles. The zero-order chi connectivity index (χ0) is 20.8. The first-order chi connectivity index (χ1) is 13.8. The smallest absolute Gasteiger partial charge is 0.305 e. The van der Waals surface area contributed by atoms with Crippen LogP contribution in [0.1, 0.15) is 84.5 Å². The maximum absolute atomic E-state index is 13.4. The Labute approximate surface area is 175 Å². The van der Waals surface area contributed by atoms with Crippen molar-refractivity contribution in [3.05, 3.63) is 0 Å². The predicted octanol–water partition coefficient (Wildman–Crippen LogP) is 4.98. The van der Waals surface area contributed by atoms with Gasteiger partial charge in [0, 0.05) is 24.7 Å². The normalized spacial score (nSPS) is 46.4. The third-order valence-corrected chi connectivity index (χ3v) is 10.1. The van der Waals surface area contributed by atoms with E-state index in [1.54, 1.807) is 0 Å². The molecule has 8 atom stereocenters. The first-order valence-electron chi connectivity index (χ1n) is 11.9. The zero-order valence-electron chi connectivity index (χ0n) is 18.5. The van der Waals surface area contributed by atoms with E-state index in [1.807, 2.05) is 0 Å². The van der Waals surface area contributed by atoms with E-state index in [1.165, 1.54) is 26.4 Å². The van der Waals surface area contributed by atoms with E-state index in [0.29, 0.717) is 42.3 Å². The van der Waals surface area contributed by atoms with Crippen LogP contribution < -0.4 is 0 Å². The molecule has 0 saturated heterocycles. The number of hydrogen-bond acceptors (Lipinski definition) is 4. The molecule has 4 rings (SSSR count). The number of fused-ring (bicyclic) bond motifs is 5. The Bertz CT molecular complexity index is 672. The number of methoxy groups -OCH3 is 1. The van der Waals surface area contributed by atoms with Crippen molar-refractivity contribution in [2.75, 3.05) is 7.11 Å². The van der Waals surface area contributed by atoms with E-state index >= 15 is 0 Å². The van der Waals surface area contributed by atoms with E-state index < -0.39 is 0 Å². The Hall–Kier alpha value is -1.19. The third-order valence-electron chi connectivity index (χ3n) is 10.1. The molecule has 4 fully saturated rings. The molecule has 0 spiro atoms. The summed E-state index contributed by atoms with van der Waals surface area (Å²) in [6, 6.07) is 0. The molecule has 0 aromatic rings. The lowest BCUT2D eigenvalue weighted by atomic mass is 9.44. The van der Waals surface area contributed by atoms with Crippen LogP contribution in [0.15, 0.2) is 0 Å². The van der Waals surface area contributed by atoms with Gasteiger partial charge in [-0.25, -0.2) is 0 Å². The second-order valence-electron chi connectivity index (χ2n) is 11.1. The van der Waals surface area contributed by atoms with Gasteiger partial charge in [-0.05, 0) is 92.3 Å². The Balaban J connectivity index is 1.50. The van der Waals surface area contributed by atoms with Gasteiger partial charge in [-0.1, -0.05) is 13.8 Å². The molecule has 4 aliphatic carbocycles. The van der Waals surface area contributed by atoms with Crippen molar-refractivity contribution in [2.45, 2.75) is 84.5 Å². The number of aldehydes is 1. The Morgan fingerprint density at radius 1 is 1.10 bits per heavy atom. The van der Waals surface area contributed by atoms with E-state index in [0.717, 1.165) is 44.8 Å². The van der Waals surface area contributed by atoms with Crippen molar-refractivity contribution in [2.24, 2.45) is 46.3 Å². The van der Waals surface area contributed by atoms with Gasteiger partial charge < -0.3 is 9.53 Å². The second kappa shape index (κ2) is 7.81. The first-order valence-corrected chi connectivity index (χ1v) is 11.9. The number of ether oxygens (including phenoxy) is 1. The topological polar surface area (TPSA) is 60.4 Å². The highest BCUT2D eigenvalue weighted by Gasteiger charge is 2.62. The van der Waals surface area contributed by atoms with Gasteiger partial charge in [0.2, 0.25) is 0 Å². The number of carbonyl (C=O) groups excluding carboxylic acids is 3. The molecular weight excluding hydrogens is 364 g/mol. The van der Waals surface area contributed by atoms with Crippen molar-refractivity contribution >= 4 is 18.0 Å². The average Bonchev–Trinajstić information content (AvgIpc) is 3.04. The van der Waals surface area contributed by atoms with Crippen LogP contribution in [0.3, 0.4) is 0 Å². The standard InChI is InChI=1S/C25H38O4/c1-24-12-10-20-23(19(24)8-7-17(24)5-4-6-22(28)29-3)21(27)14-18-13-16(15-26)9-11-25(18,20)2/h15-20,23H,4-14H2,1-3H3. The van der Waals surface area contributed by atoms with Gasteiger partial charge in [0.25, 0.3) is 0 Å². The molecule has 0 aromatic heterocycles. The SMILES string of the molecule is COC(=O)CCCC1CCC2C3C(=O)CC4CC(C=O)CCC4(C)C3CCC12C. The minimum atomic E-state index is -0.110. The molecule has 0 heterocycles. The molecule has 0 N–H and O–H groups in total. The lowest BCUT2D eigenvalue weighted by Crippen LogP contribution is -2.56. The molecule has 0 radical (unpaired) electrons. The summed E-state index contributed by atoms with van der Waals surface area (Å²) in [6.45, 7) is 4.88. The third kappa shape index (κ3) is 3.39. The maximum atomic E-state index is 13.4. The summed E-state index contributed by atoms with van der Waals surface area (Å²) in [6.07, 6.45) is 12.1. The molecule has 0 bridgehead atoms. The average molecular weight is 403 g/mol. The van der Waals surface area contributed by atoms with Gasteiger partial charge in [0.05, 0.1) is 7.11 Å². The number of ketones is 1. The minimum Gasteiger partial charge on any atom is -0.469 e. The Morgan fingerprint density at radius 3 is 2.55 bits per heavy atom. The van der Waals surface area contributed by atoms with Crippen molar-refractivity contribution in [3.63, 3.8) is 0 Å². The summed E-state index contributed by atoms with van der Waals surface area (Å²) in [7, 11) is 1.46. The number of Topliss-reactive ketones (excluding diaryl/α,β-unsaturated/α-hetero) is 1. The molecule has 29 heavy (non-hydrogen) atoms. The lowest BCUT2D eigenvalue weighted by molar-refractivity contribution is -0.158. The van der Waals surface area contributed by atoms with Crippen molar-refractivity contribution < 1.29 is 19.1 Å². The summed E-state index contributed by atoms with van der Waals surface area (Å²) >= 11 is 0. The second-order valence-corrected chi connectivity index (χ2v) is 11.1. The van der Waals surface area contributed by atoms with Crippen LogP contribution in [0.5, 0.6) is 0 Å². The quantitative estimate of drug-likeness (QED) is 0.480. The van der Waals surface area contributed by atoms with Gasteiger partial charge in [-0.3, -0.25) is 9.59 Å². The largest absolute Gasteiger partial charge is 0.469 e. The van der Waals surface area contributed by atoms with E-state index in [2.05, 4.69) is 13.8 Å². The molecule has 4 nitrogen and oxygen atoms in total. The van der Waals surface area contributed by atoms with Crippen LogP contribution in [-0.4, -0.2) is 25.1 Å². The van der Waals surface area contributed by atoms with Crippen molar-refractivity contribution in [1.29, 1.82) is 0 Å². The fourth-order valence-corrected chi connectivity index (χ4v) is 8.27. The monoisotopic (exact) mass is 402 g/mol. The number of rotatable bonds is 5. The molecule has 4 heteroatoms. The van der Waals surface area contributed by atoms with Crippen LogP contribution in [0.2, 0.25) is 0 Å². The molecule has 0 aliphatic heterocycles. The van der Waals surface area contributed by atoms with Crippen LogP contribution in [0, 0.1) is 46.3 Å². The summed E-state index contributed by atoms with van der Waals surface area (Å²) in [5, 5.41) is 0. The van der Waals surface area contributed by atoms with Crippen LogP contribution in [-0.2, 0) is 19.1 Å². The molecule has 8 unspecified atom stereocenters. The predicted molar refractivity (Wildman–Crippen MR) is 111 cm³/mol. The fraction of sp³-hybridized carbons (Fsp3) is 0.880. The van der Waals surface area contributed by atoms with Gasteiger partial charge in [0.1, 0.15) is 12.1 Å². The number of hydrogen-bond donors (Lipinski definition) is 0. The van der Waals surface area contributed by atoms with Crippen LogP contribution in [0.25, 0.3) is 0 Å². The minimum absolute atomic E-state index is 0.110. The Morgan fingerprint density at radius 2 is 1.83 bits per heavy atom. The van der Waals surface area contributed by atoms with Crippen molar-refractivity contribution in [1.82, 2.24) is 0 Å². The highest BCUT2D eigenvalue weighted by Crippen LogP contribution is 2.67. The van der Waals surface area contributed by atoms with Gasteiger partial charge in [-0.15, -0.1) is 0 Å². The highest BCUT2D eigenvalue weighted by atomic mass is 16.5. The zero-order valence-corrected chi connectivity index (χ0v) is 18.5. The fourth-order valence-electron chi connectivity index (χ4n) is 8.27. The summed E-state index contributed by atoms with van der Waals surface area (Å²) in [4.78, 5) is 36.3. The summed E-state index contributed by atoms with van der Waals surface area (Å²) < 4.78 is 4.80. The molecule has 0 amide bonds. The summed E-state index contributed by atoms with van der Waals surface area (Å²) in [5.74, 6) is 2.83. The van der Waals surface area contributed by atoms with Gasteiger partial charge >= 0.3 is 5.97 Å². The van der Waals surface area contributed by atoms with E-state index in [-0.39, 0.29) is 28.6 Å². The van der Waals surface area contributed by atoms with Gasteiger partial charge in [0.15, 0.2) is 0 Å². The van der Waals surface area contributed by atoms with Crippen molar-refractivity contribution in [3.8, 4) is 0 Å². The van der Waals surface area contributed by atoms with Crippen LogP contribution >= 0.6 is 0 Å². The summed E-state index contributed by atoms with van der Waals surface area (Å²) in [5.41, 5.74) is 0.485. The van der Waals surface area contributed by atoms with Crippen LogP contribution in [0.4, 0.5) is 0 Å². The molecule has 162 valence electrons. The molecular formula is C25H38O4. The number of esters is 1. The highest BCUT2D eigenvalue weighted by molar-refractivity contribution is 5.83. The lowest BCUT2D eigenvalue weighted by Gasteiger charge is -2.60. The maximum Gasteiger partial charge on any atom is 0.305 e. The first kappa shape index (κ1) is 21.1. The van der Waals surface area contributed by atoms with Gasteiger partial charge in [-0.2, -0.15) is 0 Å². The molecule has 4 aliphatic rings.